The highest BCUT2D eigenvalue weighted by Gasteiger charge is 2.17. The van der Waals surface area contributed by atoms with E-state index in [1.165, 1.54) is 0 Å². The third kappa shape index (κ3) is 11.4. The zero-order valence-electron chi connectivity index (χ0n) is 12.5. The average molecular weight is 448 g/mol. The largest absolute Gasteiger partial charge is 0.462 e. The van der Waals surface area contributed by atoms with E-state index >= 15 is 0 Å². The van der Waals surface area contributed by atoms with Gasteiger partial charge in [0.05, 0.1) is 13.2 Å². The smallest absolute Gasteiger partial charge is 0.319 e. The molecule has 0 aromatic heterocycles. The maximum absolute atomic E-state index is 11.4. The van der Waals surface area contributed by atoms with Gasteiger partial charge in [-0.15, -0.1) is 0 Å². The van der Waals surface area contributed by atoms with Crippen LogP contribution >= 0.6 is 31.9 Å². The third-order valence-corrected chi connectivity index (χ3v) is 4.51. The molecule has 2 unspecified atom stereocenters. The number of hydrogen-bond acceptors (Lipinski definition) is 6. The molecular weight excluding hydrogens is 424 g/mol. The Kier molecular flexibility index (Phi) is 14.3. The van der Waals surface area contributed by atoms with Gasteiger partial charge in [0.1, 0.15) is 22.9 Å². The SMILES string of the molecule is O=C(OCCO)C(Br)CCCCCCC(Br)C(=O)OCCO. The van der Waals surface area contributed by atoms with E-state index in [0.29, 0.717) is 12.8 Å². The summed E-state index contributed by atoms with van der Waals surface area (Å²) in [5, 5.41) is 17.1. The topological polar surface area (TPSA) is 93.1 Å². The number of aliphatic hydroxyl groups excluding tert-OH is 2. The van der Waals surface area contributed by atoms with Crippen molar-refractivity contribution in [2.75, 3.05) is 26.4 Å². The van der Waals surface area contributed by atoms with Crippen LogP contribution in [0.3, 0.4) is 0 Å². The molecule has 0 aromatic rings. The van der Waals surface area contributed by atoms with Gasteiger partial charge in [0.25, 0.3) is 0 Å². The minimum atomic E-state index is -0.346. The van der Waals surface area contributed by atoms with Gasteiger partial charge in [0.15, 0.2) is 0 Å². The van der Waals surface area contributed by atoms with Crippen LogP contribution in [0.1, 0.15) is 38.5 Å². The van der Waals surface area contributed by atoms with E-state index in [-0.39, 0.29) is 48.0 Å². The van der Waals surface area contributed by atoms with E-state index in [2.05, 4.69) is 31.9 Å². The van der Waals surface area contributed by atoms with E-state index in [1.807, 2.05) is 0 Å². The number of aliphatic hydroxyl groups is 2. The van der Waals surface area contributed by atoms with Gasteiger partial charge in [-0.1, -0.05) is 57.5 Å². The van der Waals surface area contributed by atoms with Crippen LogP contribution in [0, 0.1) is 0 Å². The number of alkyl halides is 2. The molecule has 0 aliphatic rings. The molecule has 6 nitrogen and oxygen atoms in total. The second-order valence-corrected chi connectivity index (χ2v) is 6.92. The highest BCUT2D eigenvalue weighted by molar-refractivity contribution is 9.10. The van der Waals surface area contributed by atoms with Gasteiger partial charge in [0, 0.05) is 0 Å². The van der Waals surface area contributed by atoms with Crippen molar-refractivity contribution in [2.45, 2.75) is 48.2 Å². The second kappa shape index (κ2) is 14.4. The van der Waals surface area contributed by atoms with Crippen molar-refractivity contribution in [1.29, 1.82) is 0 Å². The van der Waals surface area contributed by atoms with Gasteiger partial charge < -0.3 is 19.7 Å². The van der Waals surface area contributed by atoms with Crippen LogP contribution in [0.2, 0.25) is 0 Å². The summed E-state index contributed by atoms with van der Waals surface area (Å²) >= 11 is 6.53. The van der Waals surface area contributed by atoms with Crippen molar-refractivity contribution >= 4 is 43.8 Å². The number of ether oxygens (including phenoxy) is 2. The Hall–Kier alpha value is -0.180. The highest BCUT2D eigenvalue weighted by atomic mass is 79.9. The maximum Gasteiger partial charge on any atom is 0.319 e. The number of rotatable bonds is 13. The minimum Gasteiger partial charge on any atom is -0.462 e. The molecule has 0 spiro atoms. The van der Waals surface area contributed by atoms with E-state index < -0.39 is 0 Å². The number of esters is 2. The fraction of sp³-hybridized carbons (Fsp3) is 0.857. The number of carbonyl (C=O) groups excluding carboxylic acids is 2. The molecule has 0 radical (unpaired) electrons. The fourth-order valence-electron chi connectivity index (χ4n) is 1.71. The molecule has 0 fully saturated rings. The molecule has 0 rings (SSSR count). The van der Waals surface area contributed by atoms with Crippen LogP contribution < -0.4 is 0 Å². The lowest BCUT2D eigenvalue weighted by molar-refractivity contribution is -0.144. The summed E-state index contributed by atoms with van der Waals surface area (Å²) in [5.74, 6) is -0.692. The summed E-state index contributed by atoms with van der Waals surface area (Å²) in [6.07, 6.45) is 5.04. The lowest BCUT2D eigenvalue weighted by Crippen LogP contribution is -2.19. The Labute approximate surface area is 147 Å². The van der Waals surface area contributed by atoms with Gasteiger partial charge in [-0.2, -0.15) is 0 Å². The van der Waals surface area contributed by atoms with Crippen LogP contribution in [0.4, 0.5) is 0 Å². The normalized spacial score (nSPS) is 13.5. The first-order valence-electron chi connectivity index (χ1n) is 7.36. The minimum absolute atomic E-state index is 0.0277. The van der Waals surface area contributed by atoms with Gasteiger partial charge >= 0.3 is 11.9 Å². The highest BCUT2D eigenvalue weighted by Crippen LogP contribution is 2.17. The second-order valence-electron chi connectivity index (χ2n) is 4.71. The van der Waals surface area contributed by atoms with Gasteiger partial charge in [-0.25, -0.2) is 0 Å². The van der Waals surface area contributed by atoms with Crippen LogP contribution in [0.15, 0.2) is 0 Å². The molecule has 0 heterocycles. The van der Waals surface area contributed by atoms with Gasteiger partial charge in [-0.05, 0) is 12.8 Å². The molecule has 0 bridgehead atoms. The lowest BCUT2D eigenvalue weighted by atomic mass is 10.1. The van der Waals surface area contributed by atoms with Crippen molar-refractivity contribution in [2.24, 2.45) is 0 Å². The molecule has 2 N–H and O–H groups in total. The predicted octanol–water partition coefficient (Wildman–Crippen LogP) is 1.93. The summed E-state index contributed by atoms with van der Waals surface area (Å²) in [7, 11) is 0. The third-order valence-electron chi connectivity index (χ3n) is 2.85. The van der Waals surface area contributed by atoms with Crippen molar-refractivity contribution in [1.82, 2.24) is 0 Å². The zero-order valence-corrected chi connectivity index (χ0v) is 15.7. The van der Waals surface area contributed by atoms with E-state index in [9.17, 15) is 9.59 Å². The first-order chi connectivity index (χ1) is 10.5. The van der Waals surface area contributed by atoms with Crippen molar-refractivity contribution in [3.8, 4) is 0 Å². The van der Waals surface area contributed by atoms with Crippen molar-refractivity contribution < 1.29 is 29.3 Å². The Bertz CT molecular complexity index is 284. The van der Waals surface area contributed by atoms with Crippen LogP contribution in [-0.4, -0.2) is 58.2 Å². The van der Waals surface area contributed by atoms with Crippen LogP contribution in [0.25, 0.3) is 0 Å². The molecule has 0 aliphatic heterocycles. The first-order valence-corrected chi connectivity index (χ1v) is 9.19. The lowest BCUT2D eigenvalue weighted by Gasteiger charge is -2.10. The Morgan fingerprint density at radius 2 is 1.14 bits per heavy atom. The van der Waals surface area contributed by atoms with E-state index in [0.717, 1.165) is 25.7 Å². The van der Waals surface area contributed by atoms with Crippen LogP contribution in [0.5, 0.6) is 0 Å². The monoisotopic (exact) mass is 446 g/mol. The molecule has 0 aliphatic carbocycles. The summed E-state index contributed by atoms with van der Waals surface area (Å²) in [6.45, 7) is -0.278. The van der Waals surface area contributed by atoms with Gasteiger partial charge in [-0.3, -0.25) is 9.59 Å². The number of hydrogen-bond donors (Lipinski definition) is 2. The molecular formula is C14H24Br2O6. The van der Waals surface area contributed by atoms with Gasteiger partial charge in [0.2, 0.25) is 0 Å². The average Bonchev–Trinajstić information content (AvgIpc) is 2.52. The summed E-state index contributed by atoms with van der Waals surface area (Å²) in [5.41, 5.74) is 0. The zero-order chi connectivity index (χ0) is 16.8. The quantitative estimate of drug-likeness (QED) is 0.254. The summed E-state index contributed by atoms with van der Waals surface area (Å²) in [4.78, 5) is 22.2. The molecule has 0 aromatic carbocycles. The van der Waals surface area contributed by atoms with E-state index in [1.54, 1.807) is 0 Å². The number of carbonyl (C=O) groups is 2. The molecule has 2 atom stereocenters. The standard InChI is InChI=1S/C14H24Br2O6/c15-11(13(19)21-9-7-17)5-3-1-2-4-6-12(16)14(20)22-10-8-18/h11-12,17-18H,1-10H2. The van der Waals surface area contributed by atoms with Crippen molar-refractivity contribution in [3.05, 3.63) is 0 Å². The molecule has 8 heteroatoms. The predicted molar refractivity (Wildman–Crippen MR) is 89.2 cm³/mol. The Morgan fingerprint density at radius 3 is 1.45 bits per heavy atom. The van der Waals surface area contributed by atoms with E-state index in [4.69, 9.17) is 19.7 Å². The summed E-state index contributed by atoms with van der Waals surface area (Å²) < 4.78 is 9.62. The molecule has 0 saturated carbocycles. The Morgan fingerprint density at radius 1 is 0.773 bits per heavy atom. The maximum atomic E-state index is 11.4. The fourth-order valence-corrected chi connectivity index (χ4v) is 2.62. The Balaban J connectivity index is 3.56. The number of halogens is 2. The molecule has 22 heavy (non-hydrogen) atoms. The number of unbranched alkanes of at least 4 members (excludes halogenated alkanes) is 3. The summed E-state index contributed by atoms with van der Waals surface area (Å²) in [6, 6.07) is 0. The van der Waals surface area contributed by atoms with Crippen molar-refractivity contribution in [3.63, 3.8) is 0 Å². The molecule has 0 amide bonds. The van der Waals surface area contributed by atoms with Crippen LogP contribution in [-0.2, 0) is 19.1 Å². The first kappa shape index (κ1) is 21.8. The molecule has 0 saturated heterocycles. The molecule has 130 valence electrons.